The summed E-state index contributed by atoms with van der Waals surface area (Å²) in [5.74, 6) is 0.0364. The minimum atomic E-state index is -0.794. The van der Waals surface area contributed by atoms with Crippen molar-refractivity contribution in [3.8, 4) is 17.2 Å². The maximum Gasteiger partial charge on any atom is 0.328 e. The van der Waals surface area contributed by atoms with Crippen LogP contribution in [0.25, 0.3) is 0 Å². The summed E-state index contributed by atoms with van der Waals surface area (Å²) in [6.07, 6.45) is 3.53. The first-order valence-electron chi connectivity index (χ1n) is 10.4. The Kier molecular flexibility index (Phi) is 8.96. The second kappa shape index (κ2) is 11.4. The Morgan fingerprint density at radius 1 is 1.03 bits per heavy atom. The third kappa shape index (κ3) is 5.80. The van der Waals surface area contributed by atoms with Crippen LogP contribution in [-0.4, -0.2) is 69.8 Å². The molecule has 2 rings (SSSR count). The molecule has 1 aromatic carbocycles. The van der Waals surface area contributed by atoms with Crippen molar-refractivity contribution >= 4 is 17.8 Å². The number of hydrogen-bond acceptors (Lipinski definition) is 7. The summed E-state index contributed by atoms with van der Waals surface area (Å²) in [5.41, 5.74) is 0.276. The number of amides is 2. The first kappa shape index (κ1) is 24.3. The van der Waals surface area contributed by atoms with Crippen LogP contribution in [0.3, 0.4) is 0 Å². The van der Waals surface area contributed by atoms with Crippen LogP contribution in [-0.2, 0) is 14.3 Å². The molecule has 1 aromatic rings. The molecule has 1 aliphatic heterocycles. The van der Waals surface area contributed by atoms with E-state index < -0.39 is 17.9 Å². The molecular formula is C22H32N2O7. The lowest BCUT2D eigenvalue weighted by Gasteiger charge is -2.23. The van der Waals surface area contributed by atoms with Crippen LogP contribution in [0.2, 0.25) is 0 Å². The van der Waals surface area contributed by atoms with Crippen LogP contribution in [0.5, 0.6) is 17.2 Å². The molecule has 31 heavy (non-hydrogen) atoms. The number of carbonyl (C=O) groups excluding carboxylic acids is 3. The Morgan fingerprint density at radius 2 is 1.68 bits per heavy atom. The number of rotatable bonds is 10. The van der Waals surface area contributed by atoms with Crippen molar-refractivity contribution in [3.63, 3.8) is 0 Å². The number of likely N-dealkylation sites (tertiary alicyclic amines) is 1. The first-order valence-corrected chi connectivity index (χ1v) is 10.4. The highest BCUT2D eigenvalue weighted by atomic mass is 16.5. The minimum absolute atomic E-state index is 0.0795. The Morgan fingerprint density at radius 3 is 2.19 bits per heavy atom. The standard InChI is InChI=1S/C22H32N2O7/c1-6-7-8-9-19(25)23-15-12-16(22(27)31-5)24(13-15)21(26)14-10-17(28-2)20(30-4)18(11-14)29-3/h10-11,15-16H,6-9,12-13H2,1-5H3,(H,23,25)/t15-,16-/m0/s1. The second-order valence-corrected chi connectivity index (χ2v) is 7.37. The van der Waals surface area contributed by atoms with Crippen LogP contribution in [0.15, 0.2) is 12.1 Å². The van der Waals surface area contributed by atoms with Gasteiger partial charge in [-0.15, -0.1) is 0 Å². The van der Waals surface area contributed by atoms with Gasteiger partial charge in [-0.05, 0) is 18.6 Å². The summed E-state index contributed by atoms with van der Waals surface area (Å²) >= 11 is 0. The highest BCUT2D eigenvalue weighted by molar-refractivity contribution is 5.98. The minimum Gasteiger partial charge on any atom is -0.493 e. The third-order valence-electron chi connectivity index (χ3n) is 5.32. The predicted octanol–water partition coefficient (Wildman–Crippen LogP) is 2.17. The van der Waals surface area contributed by atoms with E-state index >= 15 is 0 Å². The smallest absolute Gasteiger partial charge is 0.328 e. The maximum absolute atomic E-state index is 13.3. The normalized spacial score (nSPS) is 17.8. The van der Waals surface area contributed by atoms with E-state index in [0.717, 1.165) is 19.3 Å². The van der Waals surface area contributed by atoms with E-state index in [-0.39, 0.29) is 24.1 Å². The van der Waals surface area contributed by atoms with Gasteiger partial charge in [-0.2, -0.15) is 0 Å². The zero-order valence-corrected chi connectivity index (χ0v) is 18.9. The van der Waals surface area contributed by atoms with Crippen LogP contribution >= 0.6 is 0 Å². The number of methoxy groups -OCH3 is 4. The molecule has 2 amide bonds. The van der Waals surface area contributed by atoms with Crippen molar-refractivity contribution in [2.75, 3.05) is 35.0 Å². The molecule has 1 heterocycles. The highest BCUT2D eigenvalue weighted by Gasteiger charge is 2.41. The Hall–Kier alpha value is -2.97. The maximum atomic E-state index is 13.3. The van der Waals surface area contributed by atoms with E-state index in [4.69, 9.17) is 18.9 Å². The lowest BCUT2D eigenvalue weighted by Crippen LogP contribution is -2.42. The van der Waals surface area contributed by atoms with Gasteiger partial charge in [0.25, 0.3) is 5.91 Å². The number of nitrogens with zero attached hydrogens (tertiary/aromatic N) is 1. The summed E-state index contributed by atoms with van der Waals surface area (Å²) < 4.78 is 20.8. The SMILES string of the molecule is CCCCCC(=O)N[C@H]1C[C@@H](C(=O)OC)N(C(=O)c2cc(OC)c(OC)c(OC)c2)C1. The molecule has 2 atom stereocenters. The Balaban J connectivity index is 2.24. The van der Waals surface area contributed by atoms with Crippen molar-refractivity contribution < 1.29 is 33.3 Å². The molecule has 1 aliphatic rings. The van der Waals surface area contributed by atoms with Gasteiger partial charge in [-0.25, -0.2) is 4.79 Å². The summed E-state index contributed by atoms with van der Waals surface area (Å²) in [7, 11) is 5.68. The van der Waals surface area contributed by atoms with E-state index in [2.05, 4.69) is 12.2 Å². The molecule has 0 unspecified atom stereocenters. The average molecular weight is 437 g/mol. The van der Waals surface area contributed by atoms with Gasteiger partial charge in [0.2, 0.25) is 11.7 Å². The lowest BCUT2D eigenvalue weighted by molar-refractivity contribution is -0.145. The van der Waals surface area contributed by atoms with E-state index in [9.17, 15) is 14.4 Å². The van der Waals surface area contributed by atoms with Gasteiger partial charge in [0.05, 0.1) is 28.4 Å². The van der Waals surface area contributed by atoms with Gasteiger partial charge in [0.15, 0.2) is 11.5 Å². The quantitative estimate of drug-likeness (QED) is 0.443. The molecule has 0 bridgehead atoms. The van der Waals surface area contributed by atoms with Crippen molar-refractivity contribution in [2.45, 2.75) is 51.1 Å². The van der Waals surface area contributed by atoms with Gasteiger partial charge in [-0.1, -0.05) is 19.8 Å². The van der Waals surface area contributed by atoms with Crippen LogP contribution < -0.4 is 19.5 Å². The molecule has 0 aliphatic carbocycles. The zero-order chi connectivity index (χ0) is 23.0. The first-order chi connectivity index (χ1) is 14.9. The number of esters is 1. The molecule has 172 valence electrons. The number of carbonyl (C=O) groups is 3. The third-order valence-corrected chi connectivity index (χ3v) is 5.32. The predicted molar refractivity (Wildman–Crippen MR) is 114 cm³/mol. The Bertz CT molecular complexity index is 771. The van der Waals surface area contributed by atoms with Crippen molar-refractivity contribution in [1.82, 2.24) is 10.2 Å². The fraction of sp³-hybridized carbons (Fsp3) is 0.591. The van der Waals surface area contributed by atoms with Gasteiger partial charge in [0.1, 0.15) is 6.04 Å². The Labute approximate surface area is 183 Å². The lowest BCUT2D eigenvalue weighted by atomic mass is 10.1. The summed E-state index contributed by atoms with van der Waals surface area (Å²) in [4.78, 5) is 39.3. The molecular weight excluding hydrogens is 404 g/mol. The highest BCUT2D eigenvalue weighted by Crippen LogP contribution is 2.39. The van der Waals surface area contributed by atoms with Crippen LogP contribution in [0.4, 0.5) is 0 Å². The van der Waals surface area contributed by atoms with E-state index in [0.29, 0.717) is 30.1 Å². The van der Waals surface area contributed by atoms with Gasteiger partial charge >= 0.3 is 5.97 Å². The van der Waals surface area contributed by atoms with Crippen molar-refractivity contribution in [3.05, 3.63) is 17.7 Å². The molecule has 1 fully saturated rings. The largest absolute Gasteiger partial charge is 0.493 e. The second-order valence-electron chi connectivity index (χ2n) is 7.37. The van der Waals surface area contributed by atoms with Crippen LogP contribution in [0.1, 0.15) is 49.4 Å². The number of benzene rings is 1. The number of hydrogen-bond donors (Lipinski definition) is 1. The molecule has 1 N–H and O–H groups in total. The summed E-state index contributed by atoms with van der Waals surface area (Å²) in [6, 6.07) is 1.95. The number of nitrogens with one attached hydrogen (secondary N) is 1. The molecule has 0 saturated carbocycles. The van der Waals surface area contributed by atoms with Gasteiger partial charge in [0, 0.05) is 31.0 Å². The molecule has 1 saturated heterocycles. The fourth-order valence-electron chi connectivity index (χ4n) is 3.73. The average Bonchev–Trinajstić information content (AvgIpc) is 3.20. The van der Waals surface area contributed by atoms with E-state index in [1.54, 1.807) is 0 Å². The van der Waals surface area contributed by atoms with Gasteiger partial charge in [-0.3, -0.25) is 9.59 Å². The molecule has 9 heteroatoms. The van der Waals surface area contributed by atoms with Crippen LogP contribution in [0, 0.1) is 0 Å². The number of ether oxygens (including phenoxy) is 4. The topological polar surface area (TPSA) is 103 Å². The summed E-state index contributed by atoms with van der Waals surface area (Å²) in [6.45, 7) is 2.28. The van der Waals surface area contributed by atoms with Crippen molar-refractivity contribution in [1.29, 1.82) is 0 Å². The monoisotopic (exact) mass is 436 g/mol. The molecule has 9 nitrogen and oxygen atoms in total. The van der Waals surface area contributed by atoms with Gasteiger partial charge < -0.3 is 29.2 Å². The molecule has 0 aromatic heterocycles. The number of unbranched alkanes of at least 4 members (excludes halogenated alkanes) is 2. The molecule has 0 radical (unpaired) electrons. The van der Waals surface area contributed by atoms with E-state index in [1.807, 2.05) is 0 Å². The van der Waals surface area contributed by atoms with Crippen molar-refractivity contribution in [2.24, 2.45) is 0 Å². The zero-order valence-electron chi connectivity index (χ0n) is 18.9. The molecule has 0 spiro atoms. The summed E-state index contributed by atoms with van der Waals surface area (Å²) in [5, 5.41) is 2.94. The fourth-order valence-corrected chi connectivity index (χ4v) is 3.73. The van der Waals surface area contributed by atoms with E-state index in [1.165, 1.54) is 45.5 Å².